The van der Waals surface area contributed by atoms with Crippen molar-refractivity contribution < 1.29 is 17.9 Å². The van der Waals surface area contributed by atoms with E-state index in [1.165, 1.54) is 6.07 Å². The van der Waals surface area contributed by atoms with Crippen LogP contribution >= 0.6 is 0 Å². The molecule has 0 radical (unpaired) electrons. The van der Waals surface area contributed by atoms with Gasteiger partial charge in [0.2, 0.25) is 0 Å². The number of hydrogen-bond donors (Lipinski definition) is 1. The first-order valence-corrected chi connectivity index (χ1v) is 5.79. The average Bonchev–Trinajstić information content (AvgIpc) is 2.24. The third kappa shape index (κ3) is 2.52. The number of hydrogen-bond acceptors (Lipinski definition) is 2. The van der Waals surface area contributed by atoms with E-state index in [0.717, 1.165) is 24.7 Å². The number of benzene rings is 1. The molecule has 2 nitrogen and oxygen atoms in total. The van der Waals surface area contributed by atoms with Crippen LogP contribution in [0.15, 0.2) is 18.2 Å². The highest BCUT2D eigenvalue weighted by atomic mass is 19.4. The molecule has 0 saturated carbocycles. The quantitative estimate of drug-likeness (QED) is 0.900. The summed E-state index contributed by atoms with van der Waals surface area (Å²) in [6.07, 6.45) is -3.64. The summed E-state index contributed by atoms with van der Waals surface area (Å²) in [5, 5.41) is 3.12. The van der Waals surface area contributed by atoms with Gasteiger partial charge in [-0.2, -0.15) is 13.2 Å². The summed E-state index contributed by atoms with van der Waals surface area (Å²) in [6.45, 7) is 3.19. The molecule has 0 spiro atoms. The largest absolute Gasteiger partial charge is 0.416 e. The molecule has 1 aliphatic rings. The maximum Gasteiger partial charge on any atom is 0.416 e. The Balaban J connectivity index is 2.20. The molecule has 0 aromatic heterocycles. The monoisotopic (exact) mass is 259 g/mol. The molecule has 100 valence electrons. The minimum absolute atomic E-state index is 0.259. The molecule has 1 N–H and O–H groups in total. The van der Waals surface area contributed by atoms with E-state index in [9.17, 15) is 13.2 Å². The fraction of sp³-hybridized carbons (Fsp3) is 0.538. The molecule has 18 heavy (non-hydrogen) atoms. The van der Waals surface area contributed by atoms with E-state index in [4.69, 9.17) is 4.74 Å². The van der Waals surface area contributed by atoms with Gasteiger partial charge in [0.1, 0.15) is 0 Å². The lowest BCUT2D eigenvalue weighted by molar-refractivity contribution is -0.137. The summed E-state index contributed by atoms with van der Waals surface area (Å²) >= 11 is 0. The lowest BCUT2D eigenvalue weighted by Gasteiger charge is -2.41. The van der Waals surface area contributed by atoms with Crippen LogP contribution in [-0.4, -0.2) is 25.8 Å². The molecule has 5 heteroatoms. The average molecular weight is 259 g/mol. The van der Waals surface area contributed by atoms with Gasteiger partial charge in [0, 0.05) is 26.6 Å². The molecule has 1 aromatic carbocycles. The second-order valence-corrected chi connectivity index (χ2v) is 4.81. The van der Waals surface area contributed by atoms with Crippen LogP contribution in [0.5, 0.6) is 0 Å². The summed E-state index contributed by atoms with van der Waals surface area (Å²) in [4.78, 5) is 0. The number of ether oxygens (including phenoxy) is 1. The van der Waals surface area contributed by atoms with Crippen LogP contribution < -0.4 is 5.32 Å². The van der Waals surface area contributed by atoms with Gasteiger partial charge in [-0.25, -0.2) is 0 Å². The Labute approximate surface area is 104 Å². The van der Waals surface area contributed by atoms with Crippen molar-refractivity contribution in [1.29, 1.82) is 0 Å². The van der Waals surface area contributed by atoms with Gasteiger partial charge in [-0.1, -0.05) is 6.07 Å². The van der Waals surface area contributed by atoms with Gasteiger partial charge in [0.15, 0.2) is 0 Å². The van der Waals surface area contributed by atoms with Crippen molar-refractivity contribution in [2.45, 2.75) is 25.1 Å². The van der Waals surface area contributed by atoms with Crippen molar-refractivity contribution in [2.75, 3.05) is 20.2 Å². The topological polar surface area (TPSA) is 21.3 Å². The van der Waals surface area contributed by atoms with E-state index in [1.54, 1.807) is 20.1 Å². The van der Waals surface area contributed by atoms with E-state index in [0.29, 0.717) is 12.0 Å². The molecule has 0 amide bonds. The number of methoxy groups -OCH3 is 1. The molecule has 0 unspecified atom stereocenters. The summed E-state index contributed by atoms with van der Waals surface area (Å²) in [6, 6.07) is 3.89. The molecule has 1 saturated heterocycles. The van der Waals surface area contributed by atoms with Gasteiger partial charge in [-0.15, -0.1) is 0 Å². The summed E-state index contributed by atoms with van der Waals surface area (Å²) in [5.41, 5.74) is 0.714. The van der Waals surface area contributed by atoms with Gasteiger partial charge in [0.05, 0.1) is 11.2 Å². The van der Waals surface area contributed by atoms with Crippen LogP contribution in [0.3, 0.4) is 0 Å². The Morgan fingerprint density at radius 2 is 2.00 bits per heavy atom. The minimum atomic E-state index is -4.28. The van der Waals surface area contributed by atoms with Gasteiger partial charge < -0.3 is 10.1 Å². The number of aryl methyl sites for hydroxylation is 1. The Hall–Kier alpha value is -1.07. The summed E-state index contributed by atoms with van der Waals surface area (Å²) in [5.74, 6) is 0. The van der Waals surface area contributed by atoms with Crippen LogP contribution in [0.2, 0.25) is 0 Å². The van der Waals surface area contributed by atoms with Crippen LogP contribution in [-0.2, 0) is 17.3 Å². The van der Waals surface area contributed by atoms with Gasteiger partial charge in [0.25, 0.3) is 0 Å². The maximum absolute atomic E-state index is 12.5. The third-order valence-corrected chi connectivity index (χ3v) is 3.51. The smallest absolute Gasteiger partial charge is 0.375 e. The maximum atomic E-state index is 12.5. The predicted octanol–water partition coefficient (Wildman–Crippen LogP) is 2.54. The lowest BCUT2D eigenvalue weighted by atomic mass is 9.86. The standard InChI is InChI=1S/C13H16F3NO/c1-9-5-11(13(14,15)16)4-3-10(9)6-12(18-2)7-17-8-12/h3-5,17H,6-8H2,1-2H3. The highest BCUT2D eigenvalue weighted by molar-refractivity contribution is 5.34. The zero-order chi connectivity index (χ0) is 13.4. The number of nitrogens with one attached hydrogen (secondary N) is 1. The second-order valence-electron chi connectivity index (χ2n) is 4.81. The van der Waals surface area contributed by atoms with E-state index >= 15 is 0 Å². The molecule has 0 bridgehead atoms. The Kier molecular flexibility index (Phi) is 3.38. The Bertz CT molecular complexity index is 433. The van der Waals surface area contributed by atoms with Crippen molar-refractivity contribution in [1.82, 2.24) is 5.32 Å². The van der Waals surface area contributed by atoms with E-state index in [1.807, 2.05) is 0 Å². The summed E-state index contributed by atoms with van der Waals surface area (Å²) < 4.78 is 43.1. The number of alkyl halides is 3. The van der Waals surface area contributed by atoms with Crippen molar-refractivity contribution in [3.8, 4) is 0 Å². The molecule has 1 aliphatic heterocycles. The Morgan fingerprint density at radius 3 is 2.39 bits per heavy atom. The molecule has 0 aliphatic carbocycles. The molecule has 2 rings (SSSR count). The van der Waals surface area contributed by atoms with Gasteiger partial charge >= 0.3 is 6.18 Å². The van der Waals surface area contributed by atoms with Crippen LogP contribution in [0.25, 0.3) is 0 Å². The van der Waals surface area contributed by atoms with Crippen molar-refractivity contribution >= 4 is 0 Å². The normalized spacial score (nSPS) is 18.5. The third-order valence-electron chi connectivity index (χ3n) is 3.51. The highest BCUT2D eigenvalue weighted by Crippen LogP contribution is 2.31. The lowest BCUT2D eigenvalue weighted by Crippen LogP contribution is -2.61. The van der Waals surface area contributed by atoms with Gasteiger partial charge in [-0.05, 0) is 30.2 Å². The molecule has 1 fully saturated rings. The molecule has 0 atom stereocenters. The van der Waals surface area contributed by atoms with Crippen molar-refractivity contribution in [2.24, 2.45) is 0 Å². The Morgan fingerprint density at radius 1 is 1.33 bits per heavy atom. The van der Waals surface area contributed by atoms with Crippen molar-refractivity contribution in [3.63, 3.8) is 0 Å². The fourth-order valence-corrected chi connectivity index (χ4v) is 2.16. The van der Waals surface area contributed by atoms with Crippen molar-refractivity contribution in [3.05, 3.63) is 34.9 Å². The van der Waals surface area contributed by atoms with Crippen LogP contribution in [0, 0.1) is 6.92 Å². The molecular formula is C13H16F3NO. The second kappa shape index (κ2) is 4.55. The van der Waals surface area contributed by atoms with E-state index in [2.05, 4.69) is 5.32 Å². The first-order valence-electron chi connectivity index (χ1n) is 5.79. The molecule has 1 aromatic rings. The highest BCUT2D eigenvalue weighted by Gasteiger charge is 2.37. The van der Waals surface area contributed by atoms with E-state index in [-0.39, 0.29) is 5.60 Å². The van der Waals surface area contributed by atoms with Gasteiger partial charge in [-0.3, -0.25) is 0 Å². The molecule has 1 heterocycles. The minimum Gasteiger partial charge on any atom is -0.375 e. The fourth-order valence-electron chi connectivity index (χ4n) is 2.16. The van der Waals surface area contributed by atoms with E-state index < -0.39 is 11.7 Å². The summed E-state index contributed by atoms with van der Waals surface area (Å²) in [7, 11) is 1.64. The zero-order valence-electron chi connectivity index (χ0n) is 10.4. The van der Waals surface area contributed by atoms with Crippen LogP contribution in [0.1, 0.15) is 16.7 Å². The van der Waals surface area contributed by atoms with Crippen LogP contribution in [0.4, 0.5) is 13.2 Å². The first-order chi connectivity index (χ1) is 8.36. The first kappa shape index (κ1) is 13.4. The zero-order valence-corrected chi connectivity index (χ0v) is 10.4. The molecular weight excluding hydrogens is 243 g/mol. The number of halogens is 3. The SMILES string of the molecule is COC1(Cc2ccc(C(F)(F)F)cc2C)CNC1. The number of rotatable bonds is 3. The predicted molar refractivity (Wildman–Crippen MR) is 62.5 cm³/mol.